The van der Waals surface area contributed by atoms with Crippen LogP contribution in [0.1, 0.15) is 28.4 Å². The van der Waals surface area contributed by atoms with Gasteiger partial charge in [0.05, 0.1) is 23.3 Å². The van der Waals surface area contributed by atoms with E-state index in [1.165, 1.54) is 0 Å². The van der Waals surface area contributed by atoms with Crippen LogP contribution in [0.4, 0.5) is 38.0 Å². The Morgan fingerprint density at radius 2 is 1.50 bits per heavy atom. The molecule has 0 radical (unpaired) electrons. The van der Waals surface area contributed by atoms with Gasteiger partial charge in [-0.1, -0.05) is 0 Å². The maximum absolute atomic E-state index is 12.8. The van der Waals surface area contributed by atoms with E-state index in [-0.39, 0.29) is 24.2 Å². The predicted molar refractivity (Wildman–Crippen MR) is 77.7 cm³/mol. The summed E-state index contributed by atoms with van der Waals surface area (Å²) in [5.41, 5.74) is -3.47. The molecule has 0 aliphatic heterocycles. The van der Waals surface area contributed by atoms with Gasteiger partial charge in [0, 0.05) is 18.1 Å². The molecule has 0 saturated carbocycles. The van der Waals surface area contributed by atoms with Crippen LogP contribution in [0.2, 0.25) is 0 Å². The van der Waals surface area contributed by atoms with Gasteiger partial charge < -0.3 is 10.1 Å². The molecule has 0 saturated heterocycles. The van der Waals surface area contributed by atoms with Crippen molar-refractivity contribution in [1.29, 1.82) is 0 Å². The zero-order chi connectivity index (χ0) is 19.5. The van der Waals surface area contributed by atoms with Crippen LogP contribution in [-0.4, -0.2) is 22.5 Å². The number of hydrogen-bond donors (Lipinski definition) is 1. The van der Waals surface area contributed by atoms with Gasteiger partial charge in [-0.15, -0.1) is 0 Å². The molecule has 11 heteroatoms. The predicted octanol–water partition coefficient (Wildman–Crippen LogP) is 4.43. The second-order valence-electron chi connectivity index (χ2n) is 4.94. The van der Waals surface area contributed by atoms with Crippen molar-refractivity contribution in [2.24, 2.45) is 0 Å². The number of nitrogens with one attached hydrogen (secondary N) is 1. The fourth-order valence-electron chi connectivity index (χ4n) is 1.87. The summed E-state index contributed by atoms with van der Waals surface area (Å²) in [7, 11) is 0. The Balaban J connectivity index is 2.32. The van der Waals surface area contributed by atoms with Crippen LogP contribution < -0.4 is 5.32 Å². The first-order valence-electron chi connectivity index (χ1n) is 7.06. The van der Waals surface area contributed by atoms with Crippen LogP contribution >= 0.6 is 0 Å². The second-order valence-corrected chi connectivity index (χ2v) is 4.94. The Kier molecular flexibility index (Phi) is 5.38. The number of aromatic nitrogens is 2. The number of benzene rings is 1. The lowest BCUT2D eigenvalue weighted by molar-refractivity contribution is -0.143. The number of hydrogen-bond acceptors (Lipinski definition) is 5. The van der Waals surface area contributed by atoms with Crippen LogP contribution in [0.15, 0.2) is 30.6 Å². The van der Waals surface area contributed by atoms with E-state index in [0.29, 0.717) is 12.1 Å². The largest absolute Gasteiger partial charge is 0.462 e. The molecule has 1 aromatic heterocycles. The quantitative estimate of drug-likeness (QED) is 0.629. The number of alkyl halides is 6. The molecule has 1 aromatic carbocycles. The minimum atomic E-state index is -4.97. The third-order valence-corrected chi connectivity index (χ3v) is 3.01. The maximum atomic E-state index is 12.8. The highest BCUT2D eigenvalue weighted by atomic mass is 19.4. The van der Waals surface area contributed by atoms with Crippen molar-refractivity contribution < 1.29 is 35.9 Å². The van der Waals surface area contributed by atoms with Gasteiger partial charge in [0.2, 0.25) is 5.95 Å². The van der Waals surface area contributed by atoms with Gasteiger partial charge in [0.1, 0.15) is 0 Å². The van der Waals surface area contributed by atoms with Gasteiger partial charge in [0.25, 0.3) is 0 Å². The Hall–Kier alpha value is -2.85. The first-order chi connectivity index (χ1) is 12.0. The van der Waals surface area contributed by atoms with Crippen LogP contribution in [0, 0.1) is 0 Å². The minimum absolute atomic E-state index is 0.00981. The molecule has 0 amide bonds. The number of halogens is 6. The van der Waals surface area contributed by atoms with Crippen LogP contribution in [0.25, 0.3) is 0 Å². The summed E-state index contributed by atoms with van der Waals surface area (Å²) in [4.78, 5) is 18.8. The molecule has 2 aromatic rings. The standard InChI is InChI=1S/C15H11F6N3O2/c1-2-26-12(25)8-6-22-13(23-7-8)24-11-4-9(14(16,17)18)3-10(5-11)15(19,20)21/h3-7H,2H2,1H3,(H,22,23,24). The number of ether oxygens (including phenoxy) is 1. The van der Waals surface area contributed by atoms with Gasteiger partial charge >= 0.3 is 18.3 Å². The van der Waals surface area contributed by atoms with E-state index in [4.69, 9.17) is 4.74 Å². The number of carbonyl (C=O) groups is 1. The molecule has 5 nitrogen and oxygen atoms in total. The van der Waals surface area contributed by atoms with Crippen LogP contribution in [0.5, 0.6) is 0 Å². The lowest BCUT2D eigenvalue weighted by atomic mass is 10.1. The van der Waals surface area contributed by atoms with Crippen molar-refractivity contribution in [3.8, 4) is 0 Å². The molecule has 0 bridgehead atoms. The third kappa shape index (κ3) is 4.83. The zero-order valence-electron chi connectivity index (χ0n) is 13.1. The van der Waals surface area contributed by atoms with Crippen molar-refractivity contribution in [1.82, 2.24) is 9.97 Å². The average molecular weight is 379 g/mol. The second kappa shape index (κ2) is 7.18. The maximum Gasteiger partial charge on any atom is 0.416 e. The molecule has 0 aliphatic carbocycles. The van der Waals surface area contributed by atoms with E-state index >= 15 is 0 Å². The Morgan fingerprint density at radius 3 is 1.92 bits per heavy atom. The van der Waals surface area contributed by atoms with Gasteiger partial charge in [-0.2, -0.15) is 26.3 Å². The molecule has 1 N–H and O–H groups in total. The fraction of sp³-hybridized carbons (Fsp3) is 0.267. The van der Waals surface area contributed by atoms with Crippen molar-refractivity contribution in [2.75, 3.05) is 11.9 Å². The lowest BCUT2D eigenvalue weighted by Gasteiger charge is -2.14. The molecule has 26 heavy (non-hydrogen) atoms. The third-order valence-electron chi connectivity index (χ3n) is 3.01. The van der Waals surface area contributed by atoms with Crippen molar-refractivity contribution in [3.05, 3.63) is 47.3 Å². The number of nitrogens with zero attached hydrogens (tertiary/aromatic N) is 2. The summed E-state index contributed by atoms with van der Waals surface area (Å²) in [5.74, 6) is -0.997. The Labute approximate surface area is 143 Å². The van der Waals surface area contributed by atoms with E-state index in [2.05, 4.69) is 15.3 Å². The SMILES string of the molecule is CCOC(=O)c1cnc(Nc2cc(C(F)(F)F)cc(C(F)(F)F)c2)nc1. The van der Waals surface area contributed by atoms with Crippen LogP contribution in [0.3, 0.4) is 0 Å². The van der Waals surface area contributed by atoms with Gasteiger partial charge in [-0.3, -0.25) is 0 Å². The molecule has 2 rings (SSSR count). The van der Waals surface area contributed by atoms with Crippen molar-refractivity contribution in [2.45, 2.75) is 19.3 Å². The van der Waals surface area contributed by atoms with Crippen LogP contribution in [-0.2, 0) is 17.1 Å². The molecular weight excluding hydrogens is 368 g/mol. The van der Waals surface area contributed by atoms with E-state index in [1.54, 1.807) is 6.92 Å². The molecule has 0 atom stereocenters. The van der Waals surface area contributed by atoms with E-state index in [1.807, 2.05) is 0 Å². The van der Waals surface area contributed by atoms with Crippen molar-refractivity contribution in [3.63, 3.8) is 0 Å². The summed E-state index contributed by atoms with van der Waals surface area (Å²) in [6.07, 6.45) is -7.87. The van der Waals surface area contributed by atoms with Crippen molar-refractivity contribution >= 4 is 17.6 Å². The number of esters is 1. The van der Waals surface area contributed by atoms with E-state index in [0.717, 1.165) is 12.4 Å². The highest BCUT2D eigenvalue weighted by molar-refractivity contribution is 5.88. The molecular formula is C15H11F6N3O2. The summed E-state index contributed by atoms with van der Waals surface area (Å²) >= 11 is 0. The minimum Gasteiger partial charge on any atom is -0.462 e. The zero-order valence-corrected chi connectivity index (χ0v) is 13.1. The summed E-state index contributed by atoms with van der Waals surface area (Å²) < 4.78 is 81.6. The first-order valence-corrected chi connectivity index (χ1v) is 7.06. The molecule has 1 heterocycles. The van der Waals surface area contributed by atoms with Gasteiger partial charge in [-0.05, 0) is 25.1 Å². The molecule has 0 aliphatic rings. The highest BCUT2D eigenvalue weighted by Crippen LogP contribution is 2.37. The summed E-state index contributed by atoms with van der Waals surface area (Å²) in [6, 6.07) is 1.01. The molecule has 140 valence electrons. The summed E-state index contributed by atoms with van der Waals surface area (Å²) in [6.45, 7) is 1.70. The van der Waals surface area contributed by atoms with E-state index < -0.39 is 35.1 Å². The molecule has 0 spiro atoms. The Bertz CT molecular complexity index is 755. The molecule has 0 fully saturated rings. The monoisotopic (exact) mass is 379 g/mol. The lowest BCUT2D eigenvalue weighted by Crippen LogP contribution is -2.12. The smallest absolute Gasteiger partial charge is 0.416 e. The topological polar surface area (TPSA) is 64.1 Å². The normalized spacial score (nSPS) is 12.0. The first kappa shape index (κ1) is 19.5. The van der Waals surface area contributed by atoms with Gasteiger partial charge in [-0.25, -0.2) is 14.8 Å². The van der Waals surface area contributed by atoms with Gasteiger partial charge in [0.15, 0.2) is 0 Å². The molecule has 0 unspecified atom stereocenters. The Morgan fingerprint density at radius 1 is 1.00 bits per heavy atom. The number of anilines is 2. The number of rotatable bonds is 4. The number of carbonyl (C=O) groups excluding carboxylic acids is 1. The fourth-order valence-corrected chi connectivity index (χ4v) is 1.87. The summed E-state index contributed by atoms with van der Waals surface area (Å²) in [5, 5.41) is 2.25. The van der Waals surface area contributed by atoms with E-state index in [9.17, 15) is 31.1 Å². The highest BCUT2D eigenvalue weighted by Gasteiger charge is 2.37. The average Bonchev–Trinajstić information content (AvgIpc) is 2.54.